The summed E-state index contributed by atoms with van der Waals surface area (Å²) >= 11 is 0. The molecule has 0 bridgehead atoms. The SMILES string of the molecule is CC/C=C\C/C=C\C/C=C\C/C=C\C/C=C\C/C=C\C/C=C\C/C=C\C/C=C\CCCC(=O)NC(COP(=O)(O)OCC[N+](C)(C)C)C(O)/C=C/CCC. The van der Waals surface area contributed by atoms with Crippen LogP contribution in [-0.4, -0.2) is 73.4 Å². The van der Waals surface area contributed by atoms with Crippen molar-refractivity contribution >= 4 is 13.7 Å². The van der Waals surface area contributed by atoms with E-state index in [1.807, 2.05) is 34.1 Å². The summed E-state index contributed by atoms with van der Waals surface area (Å²) in [6.07, 6.45) is 53.7. The van der Waals surface area contributed by atoms with Crippen LogP contribution in [0.15, 0.2) is 122 Å². The average molecular weight is 770 g/mol. The van der Waals surface area contributed by atoms with Crippen LogP contribution in [0.25, 0.3) is 0 Å². The Balaban J connectivity index is 4.19. The molecule has 0 aliphatic rings. The Kier molecular flexibility index (Phi) is 33.5. The van der Waals surface area contributed by atoms with Crippen LogP contribution in [0.4, 0.5) is 0 Å². The van der Waals surface area contributed by atoms with Gasteiger partial charge in [0.1, 0.15) is 13.2 Å². The third kappa shape index (κ3) is 37.2. The lowest BCUT2D eigenvalue weighted by Gasteiger charge is -2.25. The number of quaternary nitrogens is 1. The highest BCUT2D eigenvalue weighted by Crippen LogP contribution is 2.43. The number of amides is 1. The molecule has 0 saturated heterocycles. The number of allylic oxidation sites excluding steroid dienone is 19. The van der Waals surface area contributed by atoms with Crippen molar-refractivity contribution in [1.82, 2.24) is 5.32 Å². The molecule has 54 heavy (non-hydrogen) atoms. The van der Waals surface area contributed by atoms with Gasteiger partial charge in [0, 0.05) is 6.42 Å². The summed E-state index contributed by atoms with van der Waals surface area (Å²) in [6.45, 7) is 4.38. The summed E-state index contributed by atoms with van der Waals surface area (Å²) in [5.41, 5.74) is 0. The number of nitrogens with one attached hydrogen (secondary N) is 1. The second-order valence-electron chi connectivity index (χ2n) is 13.9. The topological polar surface area (TPSA) is 105 Å². The van der Waals surface area contributed by atoms with Crippen molar-refractivity contribution in [2.24, 2.45) is 0 Å². The first-order valence-corrected chi connectivity index (χ1v) is 21.4. The Morgan fingerprint density at radius 3 is 1.48 bits per heavy atom. The molecule has 0 heterocycles. The molecule has 0 aromatic carbocycles. The Morgan fingerprint density at radius 1 is 0.648 bits per heavy atom. The Bertz CT molecular complexity index is 1280. The van der Waals surface area contributed by atoms with Crippen LogP contribution in [-0.2, 0) is 18.4 Å². The molecule has 0 aromatic heterocycles. The molecule has 3 unspecified atom stereocenters. The molecular formula is C45H74N2O6P+. The predicted molar refractivity (Wildman–Crippen MR) is 230 cm³/mol. The van der Waals surface area contributed by atoms with Crippen molar-refractivity contribution in [2.45, 2.75) is 116 Å². The van der Waals surface area contributed by atoms with Crippen LogP contribution in [0.2, 0.25) is 0 Å². The summed E-state index contributed by atoms with van der Waals surface area (Å²) in [7, 11) is 1.50. The van der Waals surface area contributed by atoms with Gasteiger partial charge in [-0.25, -0.2) is 4.57 Å². The Labute approximate surface area is 329 Å². The van der Waals surface area contributed by atoms with Gasteiger partial charge >= 0.3 is 7.82 Å². The molecule has 0 saturated carbocycles. The highest BCUT2D eigenvalue weighted by molar-refractivity contribution is 7.47. The van der Waals surface area contributed by atoms with Gasteiger partial charge in [0.2, 0.25) is 5.91 Å². The first-order chi connectivity index (χ1) is 26.0. The Hall–Kier alpha value is -3.10. The molecule has 9 heteroatoms. The summed E-state index contributed by atoms with van der Waals surface area (Å²) in [6, 6.07) is -0.881. The number of aliphatic hydroxyl groups excluding tert-OH is 1. The van der Waals surface area contributed by atoms with E-state index in [1.54, 1.807) is 6.08 Å². The van der Waals surface area contributed by atoms with Crippen LogP contribution in [0.3, 0.4) is 0 Å². The largest absolute Gasteiger partial charge is 0.472 e. The summed E-state index contributed by atoms with van der Waals surface area (Å²) in [5, 5.41) is 13.4. The van der Waals surface area contributed by atoms with Gasteiger partial charge in [-0.1, -0.05) is 142 Å². The zero-order valence-corrected chi connectivity index (χ0v) is 35.0. The van der Waals surface area contributed by atoms with Crippen molar-refractivity contribution in [3.8, 4) is 0 Å². The van der Waals surface area contributed by atoms with Crippen molar-refractivity contribution in [1.29, 1.82) is 0 Å². The number of nitrogens with zero attached hydrogens (tertiary/aromatic N) is 1. The van der Waals surface area contributed by atoms with Crippen LogP contribution in [0.1, 0.15) is 104 Å². The molecule has 1 amide bonds. The first-order valence-electron chi connectivity index (χ1n) is 19.9. The van der Waals surface area contributed by atoms with Crippen LogP contribution < -0.4 is 5.32 Å². The lowest BCUT2D eigenvalue weighted by atomic mass is 10.1. The van der Waals surface area contributed by atoms with Crippen LogP contribution in [0, 0.1) is 0 Å². The fraction of sp³-hybridized carbons (Fsp3) is 0.533. The van der Waals surface area contributed by atoms with Gasteiger partial charge in [-0.2, -0.15) is 0 Å². The number of hydrogen-bond acceptors (Lipinski definition) is 5. The number of phosphoric acid groups is 1. The standard InChI is InChI=1S/C45H73N2O6P/c1-6-8-10-11-12-13-14-15-16-17-18-19-20-21-22-23-24-25-26-27-28-29-30-31-32-33-34-35-37-39-45(49)46-43(44(48)38-36-9-7-2)42-53-54(50,51)52-41-40-47(3,4)5/h8,10,12-13,15-16,18-19,21-22,24-25,27-28,30-31,33-34,36,38,43-44,48H,6-7,9,11,14,17,20,23,26,29,32,35,37,39-42H2,1-5H3,(H-,46,49,50,51)/p+1/b10-8-,13-12-,16-15-,19-18-,22-21-,25-24-,28-27-,31-30-,34-33-,38-36+. The highest BCUT2D eigenvalue weighted by Gasteiger charge is 2.27. The predicted octanol–water partition coefficient (Wildman–Crippen LogP) is 10.7. The summed E-state index contributed by atoms with van der Waals surface area (Å²) in [4.78, 5) is 22.7. The van der Waals surface area contributed by atoms with Crippen molar-refractivity contribution in [2.75, 3.05) is 40.9 Å². The molecule has 0 rings (SSSR count). The minimum absolute atomic E-state index is 0.0410. The lowest BCUT2D eigenvalue weighted by Crippen LogP contribution is -2.45. The zero-order valence-electron chi connectivity index (χ0n) is 34.1. The molecule has 3 atom stereocenters. The third-order valence-corrected chi connectivity index (χ3v) is 8.65. The second kappa shape index (κ2) is 35.6. The third-order valence-electron chi connectivity index (χ3n) is 7.67. The van der Waals surface area contributed by atoms with Gasteiger partial charge in [0.15, 0.2) is 0 Å². The first kappa shape index (κ1) is 50.9. The van der Waals surface area contributed by atoms with E-state index in [0.29, 0.717) is 17.4 Å². The van der Waals surface area contributed by atoms with Crippen molar-refractivity contribution in [3.05, 3.63) is 122 Å². The summed E-state index contributed by atoms with van der Waals surface area (Å²) < 4.78 is 23.1. The number of hydrogen-bond donors (Lipinski definition) is 3. The monoisotopic (exact) mass is 770 g/mol. The second-order valence-corrected chi connectivity index (χ2v) is 15.4. The maximum absolute atomic E-state index is 12.6. The maximum atomic E-state index is 12.6. The Morgan fingerprint density at radius 2 is 1.07 bits per heavy atom. The van der Waals surface area contributed by atoms with E-state index in [1.165, 1.54) is 0 Å². The molecule has 0 aromatic rings. The highest BCUT2D eigenvalue weighted by atomic mass is 31.2. The van der Waals surface area contributed by atoms with Crippen LogP contribution in [0.5, 0.6) is 0 Å². The molecular weight excluding hydrogens is 695 g/mol. The van der Waals surface area contributed by atoms with E-state index in [0.717, 1.165) is 77.0 Å². The molecule has 0 spiro atoms. The number of carbonyl (C=O) groups excluding carboxylic acids is 1. The van der Waals surface area contributed by atoms with Gasteiger partial charge in [-0.05, 0) is 77.0 Å². The maximum Gasteiger partial charge on any atom is 0.472 e. The van der Waals surface area contributed by atoms with Crippen molar-refractivity contribution in [3.63, 3.8) is 0 Å². The van der Waals surface area contributed by atoms with E-state index in [4.69, 9.17) is 9.05 Å². The van der Waals surface area contributed by atoms with E-state index in [-0.39, 0.29) is 25.5 Å². The molecule has 0 aliphatic heterocycles. The number of likely N-dealkylation sites (N-methyl/N-ethyl adjacent to an activating group) is 1. The number of unbranched alkanes of at least 4 members (excludes halogenated alkanes) is 2. The van der Waals surface area contributed by atoms with Gasteiger partial charge in [0.25, 0.3) is 0 Å². The van der Waals surface area contributed by atoms with Gasteiger partial charge < -0.3 is 19.8 Å². The average Bonchev–Trinajstić information content (AvgIpc) is 3.12. The zero-order chi connectivity index (χ0) is 40.0. The number of carbonyl (C=O) groups is 1. The van der Waals surface area contributed by atoms with E-state index in [9.17, 15) is 19.4 Å². The smallest absolute Gasteiger partial charge is 0.387 e. The van der Waals surface area contributed by atoms with E-state index in [2.05, 4.69) is 122 Å². The molecule has 0 fully saturated rings. The quantitative estimate of drug-likeness (QED) is 0.0266. The van der Waals surface area contributed by atoms with Gasteiger partial charge in [-0.3, -0.25) is 13.8 Å². The lowest BCUT2D eigenvalue weighted by molar-refractivity contribution is -0.870. The number of phosphoric ester groups is 1. The van der Waals surface area contributed by atoms with Gasteiger partial charge in [0.05, 0.1) is 39.9 Å². The number of aliphatic hydroxyl groups is 1. The normalized spacial score (nSPS) is 15.8. The van der Waals surface area contributed by atoms with Gasteiger partial charge in [-0.15, -0.1) is 0 Å². The molecule has 3 N–H and O–H groups in total. The fourth-order valence-corrected chi connectivity index (χ4v) is 5.25. The van der Waals surface area contributed by atoms with E-state index < -0.39 is 20.0 Å². The molecule has 0 radical (unpaired) electrons. The van der Waals surface area contributed by atoms with Crippen molar-refractivity contribution < 1.29 is 32.9 Å². The molecule has 0 aliphatic carbocycles. The minimum Gasteiger partial charge on any atom is -0.387 e. The minimum atomic E-state index is -4.34. The molecule has 8 nitrogen and oxygen atoms in total. The molecule has 304 valence electrons. The number of rotatable bonds is 33. The van der Waals surface area contributed by atoms with Crippen LogP contribution >= 0.6 is 7.82 Å². The fourth-order valence-electron chi connectivity index (χ4n) is 4.52. The summed E-state index contributed by atoms with van der Waals surface area (Å²) in [5.74, 6) is -0.255. The van der Waals surface area contributed by atoms with E-state index >= 15 is 0 Å².